The van der Waals surface area contributed by atoms with Gasteiger partial charge in [-0.25, -0.2) is 14.8 Å². The zero-order chi connectivity index (χ0) is 25.1. The van der Waals surface area contributed by atoms with Gasteiger partial charge in [-0.2, -0.15) is 0 Å². The molecule has 0 spiro atoms. The Bertz CT molecular complexity index is 1200. The van der Waals surface area contributed by atoms with Crippen molar-refractivity contribution < 1.29 is 9.53 Å². The fourth-order valence-corrected chi connectivity index (χ4v) is 6.56. The fourth-order valence-electron chi connectivity index (χ4n) is 5.17. The normalized spacial score (nSPS) is 17.8. The van der Waals surface area contributed by atoms with Crippen molar-refractivity contribution >= 4 is 39.1 Å². The van der Waals surface area contributed by atoms with Gasteiger partial charge in [0.2, 0.25) is 0 Å². The highest BCUT2D eigenvalue weighted by molar-refractivity contribution is 7.19. The minimum absolute atomic E-state index is 0.0582. The van der Waals surface area contributed by atoms with Crippen molar-refractivity contribution in [1.82, 2.24) is 14.9 Å². The molecule has 2 aliphatic rings. The molecule has 7 nitrogen and oxygen atoms in total. The molecule has 1 N–H and O–H groups in total. The lowest BCUT2D eigenvalue weighted by Crippen LogP contribution is -2.50. The number of hydrogen-bond donors (Lipinski definition) is 1. The van der Waals surface area contributed by atoms with Crippen molar-refractivity contribution in [2.24, 2.45) is 5.92 Å². The van der Waals surface area contributed by atoms with Crippen LogP contribution in [0.5, 0.6) is 5.75 Å². The fraction of sp³-hybridized carbons (Fsp3) is 0.536. The maximum Gasteiger partial charge on any atom is 0.321 e. The average molecular weight is 508 g/mol. The zero-order valence-corrected chi connectivity index (χ0v) is 22.5. The number of piperazine rings is 1. The highest BCUT2D eigenvalue weighted by Gasteiger charge is 2.28. The first-order valence-electron chi connectivity index (χ1n) is 13.4. The standard InChI is InChI=1S/C28H37N5O2S/c1-4-6-7-24-30-26(25-22-13-8-19(3)18-23(22)36-27(25)31-24)32-14-16-33(17-15-32)28(34)29-20-9-11-21(12-10-20)35-5-2/h9-12,19H,4-8,13-18H2,1-3H3,(H,29,34). The molecule has 3 heterocycles. The van der Waals surface area contributed by atoms with E-state index >= 15 is 0 Å². The first-order chi connectivity index (χ1) is 17.6. The number of nitrogens with zero attached hydrogens (tertiary/aromatic N) is 4. The molecule has 1 unspecified atom stereocenters. The predicted octanol–water partition coefficient (Wildman–Crippen LogP) is 5.91. The SMILES string of the molecule is CCCCc1nc(N2CCN(C(=O)Nc3ccc(OCC)cc3)CC2)c2c3c(sc2n1)CC(C)CC3. The Kier molecular flexibility index (Phi) is 7.60. The molecule has 3 aromatic rings. The summed E-state index contributed by atoms with van der Waals surface area (Å²) >= 11 is 1.88. The highest BCUT2D eigenvalue weighted by atomic mass is 32.1. The third-order valence-electron chi connectivity index (χ3n) is 7.22. The van der Waals surface area contributed by atoms with Crippen LogP contribution in [-0.2, 0) is 19.3 Å². The minimum atomic E-state index is -0.0582. The first-order valence-corrected chi connectivity index (χ1v) is 14.2. The van der Waals surface area contributed by atoms with Crippen molar-refractivity contribution in [3.05, 3.63) is 40.5 Å². The summed E-state index contributed by atoms with van der Waals surface area (Å²) in [4.78, 5) is 30.0. The molecule has 0 radical (unpaired) electrons. The number of unbranched alkanes of at least 4 members (excludes halogenated alkanes) is 1. The Labute approximate surface area is 217 Å². The molecule has 2 aromatic heterocycles. The van der Waals surface area contributed by atoms with Crippen LogP contribution in [0.2, 0.25) is 0 Å². The van der Waals surface area contributed by atoms with Gasteiger partial charge in [-0.05, 0) is 68.4 Å². The summed E-state index contributed by atoms with van der Waals surface area (Å²) in [6, 6.07) is 7.48. The molecule has 192 valence electrons. The van der Waals surface area contributed by atoms with Crippen LogP contribution in [0.1, 0.15) is 56.3 Å². The van der Waals surface area contributed by atoms with Crippen LogP contribution < -0.4 is 15.0 Å². The number of hydrogen-bond acceptors (Lipinski definition) is 6. The molecular weight excluding hydrogens is 470 g/mol. The Balaban J connectivity index is 1.31. The van der Waals surface area contributed by atoms with Gasteiger partial charge in [0.05, 0.1) is 12.0 Å². The number of thiophene rings is 1. The van der Waals surface area contributed by atoms with Crippen LogP contribution in [0, 0.1) is 5.92 Å². The Morgan fingerprint density at radius 3 is 2.64 bits per heavy atom. The quantitative estimate of drug-likeness (QED) is 0.430. The first kappa shape index (κ1) is 24.8. The summed E-state index contributed by atoms with van der Waals surface area (Å²) in [7, 11) is 0. The van der Waals surface area contributed by atoms with E-state index in [0.717, 1.165) is 79.0 Å². The number of carbonyl (C=O) groups excluding carboxylic acids is 1. The summed E-state index contributed by atoms with van der Waals surface area (Å²) in [6.45, 7) is 10.0. The lowest BCUT2D eigenvalue weighted by atomic mass is 9.89. The van der Waals surface area contributed by atoms with Crippen molar-refractivity contribution in [2.45, 2.75) is 59.3 Å². The summed E-state index contributed by atoms with van der Waals surface area (Å²) in [5.74, 6) is 3.59. The van der Waals surface area contributed by atoms with Gasteiger partial charge in [-0.15, -0.1) is 11.3 Å². The number of amides is 2. The Morgan fingerprint density at radius 1 is 1.14 bits per heavy atom. The topological polar surface area (TPSA) is 70.6 Å². The van der Waals surface area contributed by atoms with E-state index in [2.05, 4.69) is 24.1 Å². The number of carbonyl (C=O) groups is 1. The second-order valence-electron chi connectivity index (χ2n) is 9.96. The lowest BCUT2D eigenvalue weighted by molar-refractivity contribution is 0.208. The number of ether oxygens (including phenoxy) is 1. The maximum atomic E-state index is 12.9. The molecule has 8 heteroatoms. The van der Waals surface area contributed by atoms with Crippen LogP contribution >= 0.6 is 11.3 Å². The van der Waals surface area contributed by atoms with E-state index in [0.29, 0.717) is 19.7 Å². The molecule has 1 saturated heterocycles. The summed E-state index contributed by atoms with van der Waals surface area (Å²) in [5, 5.41) is 4.30. The monoisotopic (exact) mass is 507 g/mol. The number of aromatic nitrogens is 2. The van der Waals surface area contributed by atoms with Crippen LogP contribution in [0.3, 0.4) is 0 Å². The van der Waals surface area contributed by atoms with E-state index in [1.807, 2.05) is 47.4 Å². The number of anilines is 2. The van der Waals surface area contributed by atoms with Crippen molar-refractivity contribution in [1.29, 1.82) is 0 Å². The van der Waals surface area contributed by atoms with Gasteiger partial charge in [0, 0.05) is 43.2 Å². The third kappa shape index (κ3) is 5.28. The number of fused-ring (bicyclic) bond motifs is 3. The van der Waals surface area contributed by atoms with Crippen molar-refractivity contribution in [2.75, 3.05) is 43.0 Å². The highest BCUT2D eigenvalue weighted by Crippen LogP contribution is 2.41. The Hall–Kier alpha value is -2.87. The van der Waals surface area contributed by atoms with Gasteiger partial charge < -0.3 is 19.9 Å². The van der Waals surface area contributed by atoms with Crippen molar-refractivity contribution in [3.8, 4) is 5.75 Å². The van der Waals surface area contributed by atoms with Crippen LogP contribution in [0.4, 0.5) is 16.3 Å². The van der Waals surface area contributed by atoms with E-state index in [1.165, 1.54) is 22.2 Å². The predicted molar refractivity (Wildman–Crippen MR) is 148 cm³/mol. The van der Waals surface area contributed by atoms with Gasteiger partial charge in [0.15, 0.2) is 0 Å². The molecular formula is C28H37N5O2S. The number of rotatable bonds is 7. The van der Waals surface area contributed by atoms with E-state index in [1.54, 1.807) is 0 Å². The van der Waals surface area contributed by atoms with Crippen LogP contribution in [0.25, 0.3) is 10.2 Å². The van der Waals surface area contributed by atoms with Gasteiger partial charge >= 0.3 is 6.03 Å². The maximum absolute atomic E-state index is 12.9. The summed E-state index contributed by atoms with van der Waals surface area (Å²) < 4.78 is 5.49. The molecule has 2 amide bonds. The van der Waals surface area contributed by atoms with Crippen LogP contribution in [-0.4, -0.2) is 53.7 Å². The van der Waals surface area contributed by atoms with Gasteiger partial charge in [0.1, 0.15) is 22.2 Å². The molecule has 1 atom stereocenters. The van der Waals surface area contributed by atoms with E-state index in [9.17, 15) is 4.79 Å². The Morgan fingerprint density at radius 2 is 1.92 bits per heavy atom. The second-order valence-corrected chi connectivity index (χ2v) is 11.0. The van der Waals surface area contributed by atoms with Gasteiger partial charge in [-0.1, -0.05) is 20.3 Å². The molecule has 0 saturated carbocycles. The molecule has 1 aromatic carbocycles. The number of aryl methyl sites for hydroxylation is 2. The second kappa shape index (κ2) is 11.0. The molecule has 36 heavy (non-hydrogen) atoms. The molecule has 1 fully saturated rings. The minimum Gasteiger partial charge on any atom is -0.494 e. The van der Waals surface area contributed by atoms with E-state index in [4.69, 9.17) is 14.7 Å². The zero-order valence-electron chi connectivity index (χ0n) is 21.7. The van der Waals surface area contributed by atoms with Crippen molar-refractivity contribution in [3.63, 3.8) is 0 Å². The number of benzene rings is 1. The van der Waals surface area contributed by atoms with E-state index in [-0.39, 0.29) is 6.03 Å². The number of nitrogens with one attached hydrogen (secondary N) is 1. The molecule has 1 aliphatic heterocycles. The summed E-state index contributed by atoms with van der Waals surface area (Å²) in [5.41, 5.74) is 2.25. The third-order valence-corrected chi connectivity index (χ3v) is 8.37. The lowest BCUT2D eigenvalue weighted by Gasteiger charge is -2.36. The average Bonchev–Trinajstić information content (AvgIpc) is 3.25. The smallest absolute Gasteiger partial charge is 0.321 e. The van der Waals surface area contributed by atoms with E-state index < -0.39 is 0 Å². The van der Waals surface area contributed by atoms with Crippen LogP contribution in [0.15, 0.2) is 24.3 Å². The molecule has 0 bridgehead atoms. The number of urea groups is 1. The molecule has 1 aliphatic carbocycles. The summed E-state index contributed by atoms with van der Waals surface area (Å²) in [6.07, 6.45) is 6.66. The molecule has 5 rings (SSSR count). The van der Waals surface area contributed by atoms with Gasteiger partial charge in [0.25, 0.3) is 0 Å². The van der Waals surface area contributed by atoms with Gasteiger partial charge in [-0.3, -0.25) is 0 Å². The largest absolute Gasteiger partial charge is 0.494 e.